The van der Waals surface area contributed by atoms with Crippen LogP contribution in [0.25, 0.3) is 0 Å². The molecule has 1 aromatic rings. The summed E-state index contributed by atoms with van der Waals surface area (Å²) in [7, 11) is 1.38. The van der Waals surface area contributed by atoms with Crippen molar-refractivity contribution in [2.75, 3.05) is 13.7 Å². The second-order valence-electron chi connectivity index (χ2n) is 4.10. The Hall–Kier alpha value is -1.46. The summed E-state index contributed by atoms with van der Waals surface area (Å²) in [4.78, 5) is 24.0. The van der Waals surface area contributed by atoms with Crippen LogP contribution in [0, 0.1) is 0 Å². The summed E-state index contributed by atoms with van der Waals surface area (Å²) < 4.78 is 4.79. The molecule has 0 bridgehead atoms. The van der Waals surface area contributed by atoms with Gasteiger partial charge in [-0.2, -0.15) is 0 Å². The normalized spacial score (nSPS) is 11.8. The Labute approximate surface area is 127 Å². The van der Waals surface area contributed by atoms with E-state index in [1.54, 1.807) is 19.1 Å². The van der Waals surface area contributed by atoms with E-state index in [4.69, 9.17) is 27.9 Å². The van der Waals surface area contributed by atoms with E-state index in [1.807, 2.05) is 0 Å². The molecule has 5 nitrogen and oxygen atoms in total. The molecule has 1 unspecified atom stereocenters. The van der Waals surface area contributed by atoms with Gasteiger partial charge in [0.15, 0.2) is 0 Å². The van der Waals surface area contributed by atoms with Crippen LogP contribution in [0.2, 0.25) is 10.0 Å². The monoisotopic (exact) mass is 319 g/mol. The fraction of sp³-hybridized carbons (Fsp3) is 0.385. The number of hydrogen-bond acceptors (Lipinski definition) is 3. The van der Waals surface area contributed by atoms with E-state index >= 15 is 0 Å². The topological polar surface area (TPSA) is 66.8 Å². The Balaban J connectivity index is 2.92. The van der Waals surface area contributed by atoms with Crippen LogP contribution in [-0.4, -0.2) is 41.8 Å². The number of benzene rings is 1. The number of carboxylic acids is 1. The molecule has 7 heteroatoms. The minimum Gasteiger partial charge on any atom is -0.480 e. The smallest absolute Gasteiger partial charge is 0.410 e. The minimum atomic E-state index is -1.13. The van der Waals surface area contributed by atoms with Gasteiger partial charge in [-0.15, -0.1) is 0 Å². The molecule has 0 aliphatic carbocycles. The number of halogens is 2. The molecule has 1 amide bonds. The van der Waals surface area contributed by atoms with E-state index in [2.05, 4.69) is 0 Å². The van der Waals surface area contributed by atoms with Crippen LogP contribution in [0.1, 0.15) is 12.5 Å². The van der Waals surface area contributed by atoms with Crippen LogP contribution in [0.4, 0.5) is 4.79 Å². The third kappa shape index (κ3) is 4.28. The van der Waals surface area contributed by atoms with Gasteiger partial charge in [-0.05, 0) is 24.6 Å². The number of nitrogens with zero attached hydrogens (tertiary/aromatic N) is 1. The number of likely N-dealkylation sites (N-methyl/N-ethyl adjacent to an activating group) is 1. The summed E-state index contributed by atoms with van der Waals surface area (Å²) in [5.41, 5.74) is 0.597. The number of rotatable bonds is 5. The van der Waals surface area contributed by atoms with Crippen molar-refractivity contribution in [1.29, 1.82) is 0 Å². The first-order valence-electron chi connectivity index (χ1n) is 5.93. The molecule has 0 heterocycles. The average molecular weight is 320 g/mol. The van der Waals surface area contributed by atoms with Crippen molar-refractivity contribution in [1.82, 2.24) is 4.90 Å². The fourth-order valence-electron chi connectivity index (χ4n) is 1.64. The molecular formula is C13H15Cl2NO4. The highest BCUT2D eigenvalue weighted by Crippen LogP contribution is 2.23. The van der Waals surface area contributed by atoms with Crippen molar-refractivity contribution in [3.05, 3.63) is 33.8 Å². The van der Waals surface area contributed by atoms with E-state index < -0.39 is 18.1 Å². The van der Waals surface area contributed by atoms with Crippen LogP contribution in [-0.2, 0) is 16.0 Å². The van der Waals surface area contributed by atoms with Crippen LogP contribution in [0.15, 0.2) is 18.2 Å². The van der Waals surface area contributed by atoms with E-state index in [0.29, 0.717) is 15.6 Å². The lowest BCUT2D eigenvalue weighted by Crippen LogP contribution is -2.44. The predicted octanol–water partition coefficient (Wildman–Crippen LogP) is 3.08. The van der Waals surface area contributed by atoms with Crippen molar-refractivity contribution in [3.8, 4) is 0 Å². The highest BCUT2D eigenvalue weighted by atomic mass is 35.5. The Morgan fingerprint density at radius 1 is 1.40 bits per heavy atom. The molecule has 0 aromatic heterocycles. The van der Waals surface area contributed by atoms with Gasteiger partial charge in [0.1, 0.15) is 6.04 Å². The van der Waals surface area contributed by atoms with E-state index in [1.165, 1.54) is 13.1 Å². The number of carbonyl (C=O) groups excluding carboxylic acids is 1. The predicted molar refractivity (Wildman–Crippen MR) is 76.4 cm³/mol. The Kier molecular flexibility index (Phi) is 6.10. The second-order valence-corrected chi connectivity index (χ2v) is 4.95. The molecule has 0 aliphatic rings. The zero-order valence-corrected chi connectivity index (χ0v) is 12.6. The summed E-state index contributed by atoms with van der Waals surface area (Å²) in [6.45, 7) is 1.83. The maximum atomic E-state index is 11.6. The van der Waals surface area contributed by atoms with Gasteiger partial charge < -0.3 is 9.84 Å². The van der Waals surface area contributed by atoms with Crippen LogP contribution in [0.5, 0.6) is 0 Å². The lowest BCUT2D eigenvalue weighted by Gasteiger charge is -2.24. The number of aliphatic carboxylic acids is 1. The third-order valence-corrected chi connectivity index (χ3v) is 3.32. The number of amides is 1. The van der Waals surface area contributed by atoms with Crippen LogP contribution < -0.4 is 0 Å². The van der Waals surface area contributed by atoms with Gasteiger partial charge in [-0.25, -0.2) is 9.59 Å². The number of carbonyl (C=O) groups is 2. The molecule has 0 spiro atoms. The zero-order valence-electron chi connectivity index (χ0n) is 11.1. The number of ether oxygens (including phenoxy) is 1. The van der Waals surface area contributed by atoms with Crippen molar-refractivity contribution < 1.29 is 19.4 Å². The lowest BCUT2D eigenvalue weighted by atomic mass is 10.1. The third-order valence-electron chi connectivity index (χ3n) is 2.74. The van der Waals surface area contributed by atoms with Crippen molar-refractivity contribution in [2.45, 2.75) is 19.4 Å². The standard InChI is InChI=1S/C13H15Cl2NO4/c1-3-20-13(19)16(2)11(12(17)18)6-8-4-5-9(14)7-10(8)15/h4-5,7,11H,3,6H2,1-2H3,(H,17,18). The Morgan fingerprint density at radius 2 is 2.05 bits per heavy atom. The summed E-state index contributed by atoms with van der Waals surface area (Å²) >= 11 is 11.8. The van der Waals surface area contributed by atoms with Gasteiger partial charge in [0.05, 0.1) is 6.61 Å². The maximum Gasteiger partial charge on any atom is 0.410 e. The molecule has 0 radical (unpaired) electrons. The van der Waals surface area contributed by atoms with Crippen LogP contribution >= 0.6 is 23.2 Å². The Bertz CT molecular complexity index is 507. The van der Waals surface area contributed by atoms with Crippen LogP contribution in [0.3, 0.4) is 0 Å². The summed E-state index contributed by atoms with van der Waals surface area (Å²) in [5, 5.41) is 10.1. The Morgan fingerprint density at radius 3 is 2.55 bits per heavy atom. The molecule has 0 saturated carbocycles. The SMILES string of the molecule is CCOC(=O)N(C)C(Cc1ccc(Cl)cc1Cl)C(=O)O. The van der Waals surface area contributed by atoms with Crippen molar-refractivity contribution in [2.24, 2.45) is 0 Å². The van der Waals surface area contributed by atoms with Gasteiger partial charge in [0, 0.05) is 23.5 Å². The number of hydrogen-bond donors (Lipinski definition) is 1. The quantitative estimate of drug-likeness (QED) is 0.905. The largest absolute Gasteiger partial charge is 0.480 e. The maximum absolute atomic E-state index is 11.6. The van der Waals surface area contributed by atoms with Crippen molar-refractivity contribution in [3.63, 3.8) is 0 Å². The van der Waals surface area contributed by atoms with E-state index in [0.717, 1.165) is 4.90 Å². The lowest BCUT2D eigenvalue weighted by molar-refractivity contribution is -0.142. The molecule has 0 saturated heterocycles. The molecule has 1 N–H and O–H groups in total. The molecular weight excluding hydrogens is 305 g/mol. The van der Waals surface area contributed by atoms with Gasteiger partial charge >= 0.3 is 12.1 Å². The van der Waals surface area contributed by atoms with E-state index in [-0.39, 0.29) is 13.0 Å². The first-order chi connectivity index (χ1) is 9.36. The van der Waals surface area contributed by atoms with Gasteiger partial charge in [-0.3, -0.25) is 4.90 Å². The first kappa shape index (κ1) is 16.6. The fourth-order valence-corrected chi connectivity index (χ4v) is 2.12. The van der Waals surface area contributed by atoms with Gasteiger partial charge in [0.25, 0.3) is 0 Å². The summed E-state index contributed by atoms with van der Waals surface area (Å²) in [6, 6.07) is 3.72. The second kappa shape index (κ2) is 7.36. The number of carboxylic acid groups (broad SMARTS) is 1. The van der Waals surface area contributed by atoms with Gasteiger partial charge in [-0.1, -0.05) is 29.3 Å². The highest BCUT2D eigenvalue weighted by Gasteiger charge is 2.28. The molecule has 1 rings (SSSR count). The summed E-state index contributed by atoms with van der Waals surface area (Å²) in [5.74, 6) is -1.13. The van der Waals surface area contributed by atoms with Crippen molar-refractivity contribution >= 4 is 35.3 Å². The zero-order chi connectivity index (χ0) is 15.3. The molecule has 20 heavy (non-hydrogen) atoms. The van der Waals surface area contributed by atoms with Gasteiger partial charge in [0.2, 0.25) is 0 Å². The van der Waals surface area contributed by atoms with E-state index in [9.17, 15) is 14.7 Å². The molecule has 110 valence electrons. The molecule has 1 aromatic carbocycles. The first-order valence-corrected chi connectivity index (χ1v) is 6.68. The molecule has 0 aliphatic heterocycles. The average Bonchev–Trinajstić information content (AvgIpc) is 2.37. The molecule has 1 atom stereocenters. The molecule has 0 fully saturated rings. The highest BCUT2D eigenvalue weighted by molar-refractivity contribution is 6.35. The summed E-state index contributed by atoms with van der Waals surface area (Å²) in [6.07, 6.45) is -0.620. The minimum absolute atomic E-state index is 0.0701.